The van der Waals surface area contributed by atoms with Crippen molar-refractivity contribution >= 4 is 22.2 Å². The van der Waals surface area contributed by atoms with E-state index < -0.39 is 0 Å². The fraction of sp³-hybridized carbons (Fsp3) is 0.115. The predicted molar refractivity (Wildman–Crippen MR) is 124 cm³/mol. The van der Waals surface area contributed by atoms with Crippen LogP contribution in [0.15, 0.2) is 91.4 Å². The molecule has 0 amide bonds. The zero-order chi connectivity index (χ0) is 20.8. The second-order valence-corrected chi connectivity index (χ2v) is 7.15. The Hall–Kier alpha value is -3.79. The number of hydrogen-bond donors (Lipinski definition) is 2. The molecule has 4 aromatic rings. The van der Waals surface area contributed by atoms with Gasteiger partial charge < -0.3 is 5.32 Å². The maximum Gasteiger partial charge on any atom is 0.0705 e. The number of pyridine rings is 2. The van der Waals surface area contributed by atoms with E-state index in [9.17, 15) is 0 Å². The number of nitrogens with one attached hydrogen (secondary N) is 2. The molecule has 2 aromatic carbocycles. The van der Waals surface area contributed by atoms with Crippen LogP contribution in [0, 0.1) is 5.41 Å². The Labute approximate surface area is 176 Å². The first-order valence-electron chi connectivity index (χ1n) is 10.1. The van der Waals surface area contributed by atoms with Crippen molar-refractivity contribution in [2.45, 2.75) is 12.8 Å². The summed E-state index contributed by atoms with van der Waals surface area (Å²) in [4.78, 5) is 8.83. The lowest BCUT2D eigenvalue weighted by Gasteiger charge is -2.11. The fourth-order valence-electron chi connectivity index (χ4n) is 3.49. The van der Waals surface area contributed by atoms with Crippen LogP contribution < -0.4 is 5.32 Å². The van der Waals surface area contributed by atoms with E-state index in [2.05, 4.69) is 46.7 Å². The fourth-order valence-corrected chi connectivity index (χ4v) is 3.49. The molecule has 0 saturated carbocycles. The Kier molecular flexibility index (Phi) is 5.95. The minimum Gasteiger partial charge on any atom is -0.393 e. The maximum atomic E-state index is 8.67. The summed E-state index contributed by atoms with van der Waals surface area (Å²) >= 11 is 0. The average molecular weight is 393 g/mol. The molecule has 148 valence electrons. The highest BCUT2D eigenvalue weighted by atomic mass is 14.8. The zero-order valence-corrected chi connectivity index (χ0v) is 17.0. The molecule has 0 saturated heterocycles. The van der Waals surface area contributed by atoms with Crippen molar-refractivity contribution in [3.05, 3.63) is 114 Å². The molecular weight excluding hydrogens is 368 g/mol. The second kappa shape index (κ2) is 9.14. The van der Waals surface area contributed by atoms with Gasteiger partial charge in [0.05, 0.1) is 11.2 Å². The third kappa shape index (κ3) is 4.44. The molecule has 0 aliphatic rings. The van der Waals surface area contributed by atoms with Crippen LogP contribution in [0.3, 0.4) is 0 Å². The van der Waals surface area contributed by atoms with Gasteiger partial charge >= 0.3 is 0 Å². The van der Waals surface area contributed by atoms with Gasteiger partial charge in [-0.3, -0.25) is 15.4 Å². The molecule has 4 rings (SSSR count). The molecule has 0 bridgehead atoms. The Morgan fingerprint density at radius 1 is 0.867 bits per heavy atom. The molecule has 2 heterocycles. The maximum absolute atomic E-state index is 8.67. The standard InChI is InChI=1S/C26H24N4/c1-28-18-24(20-14-16-29-17-15-20)26(27)22-9-6-19(7-10-22)8-12-23-13-11-21-4-2-3-5-25(21)30-23/h2-7,9-11,13-18,27-28H,8,12H2,1H3/b24-18-,27-26?. The Bertz CT molecular complexity index is 1180. The molecule has 0 unspecified atom stereocenters. The van der Waals surface area contributed by atoms with Crippen LogP contribution in [0.4, 0.5) is 0 Å². The van der Waals surface area contributed by atoms with E-state index in [1.54, 1.807) is 12.4 Å². The number of benzene rings is 2. The highest BCUT2D eigenvalue weighted by Crippen LogP contribution is 2.20. The molecule has 0 aliphatic heterocycles. The van der Waals surface area contributed by atoms with Crippen LogP contribution in [0.1, 0.15) is 22.4 Å². The Balaban J connectivity index is 1.46. The normalized spacial score (nSPS) is 11.4. The largest absolute Gasteiger partial charge is 0.393 e. The summed E-state index contributed by atoms with van der Waals surface area (Å²) in [6, 6.07) is 24.5. The number of hydrogen-bond acceptors (Lipinski definition) is 4. The van der Waals surface area contributed by atoms with Gasteiger partial charge in [0.1, 0.15) is 0 Å². The summed E-state index contributed by atoms with van der Waals surface area (Å²) in [5.74, 6) is 0. The molecule has 4 heteroatoms. The average Bonchev–Trinajstić information content (AvgIpc) is 2.81. The van der Waals surface area contributed by atoms with Crippen LogP contribution in [0.5, 0.6) is 0 Å². The van der Waals surface area contributed by atoms with Crippen LogP contribution in [0.2, 0.25) is 0 Å². The summed E-state index contributed by atoms with van der Waals surface area (Å²) in [6.45, 7) is 0. The number of aromatic nitrogens is 2. The highest BCUT2D eigenvalue weighted by Gasteiger charge is 2.10. The van der Waals surface area contributed by atoms with Gasteiger partial charge in [0, 0.05) is 47.9 Å². The quantitative estimate of drug-likeness (QED) is 0.433. The predicted octanol–water partition coefficient (Wildman–Crippen LogP) is 5.04. The molecule has 0 fully saturated rings. The van der Waals surface area contributed by atoms with Crippen molar-refractivity contribution in [1.29, 1.82) is 5.41 Å². The van der Waals surface area contributed by atoms with Gasteiger partial charge in [-0.25, -0.2) is 0 Å². The van der Waals surface area contributed by atoms with Gasteiger partial charge in [0.25, 0.3) is 0 Å². The third-order valence-corrected chi connectivity index (χ3v) is 5.12. The summed E-state index contributed by atoms with van der Waals surface area (Å²) in [6.07, 6.45) is 7.16. The lowest BCUT2D eigenvalue weighted by atomic mass is 9.96. The molecule has 4 nitrogen and oxygen atoms in total. The van der Waals surface area contributed by atoms with Crippen LogP contribution in [0.25, 0.3) is 16.5 Å². The second-order valence-electron chi connectivity index (χ2n) is 7.15. The van der Waals surface area contributed by atoms with E-state index in [1.807, 2.05) is 49.6 Å². The first kappa shape index (κ1) is 19.5. The summed E-state index contributed by atoms with van der Waals surface area (Å²) in [5.41, 5.74) is 6.56. The van der Waals surface area contributed by atoms with Gasteiger partial charge in [-0.05, 0) is 48.2 Å². The van der Waals surface area contributed by atoms with E-state index in [1.165, 1.54) is 10.9 Å². The number of aryl methyl sites for hydroxylation is 2. The van der Waals surface area contributed by atoms with Crippen molar-refractivity contribution in [2.75, 3.05) is 7.05 Å². The van der Waals surface area contributed by atoms with Crippen LogP contribution in [-0.2, 0) is 12.8 Å². The zero-order valence-electron chi connectivity index (χ0n) is 17.0. The molecule has 30 heavy (non-hydrogen) atoms. The molecule has 0 spiro atoms. The van der Waals surface area contributed by atoms with E-state index in [4.69, 9.17) is 10.4 Å². The Morgan fingerprint density at radius 3 is 2.40 bits per heavy atom. The minimum atomic E-state index is 0.485. The lowest BCUT2D eigenvalue weighted by molar-refractivity contribution is 0.922. The van der Waals surface area contributed by atoms with Crippen molar-refractivity contribution in [1.82, 2.24) is 15.3 Å². The molecule has 0 aliphatic carbocycles. The smallest absolute Gasteiger partial charge is 0.0705 e. The summed E-state index contributed by atoms with van der Waals surface area (Å²) < 4.78 is 0. The summed E-state index contributed by atoms with van der Waals surface area (Å²) in [5, 5.41) is 12.9. The van der Waals surface area contributed by atoms with Crippen LogP contribution in [-0.4, -0.2) is 22.7 Å². The third-order valence-electron chi connectivity index (χ3n) is 5.12. The van der Waals surface area contributed by atoms with Crippen molar-refractivity contribution in [3.8, 4) is 0 Å². The van der Waals surface area contributed by atoms with Gasteiger partial charge in [-0.15, -0.1) is 0 Å². The number of allylic oxidation sites excluding steroid dienone is 1. The van der Waals surface area contributed by atoms with E-state index >= 15 is 0 Å². The highest BCUT2D eigenvalue weighted by molar-refractivity contribution is 6.30. The van der Waals surface area contributed by atoms with Gasteiger partial charge in [0.2, 0.25) is 0 Å². The van der Waals surface area contributed by atoms with E-state index in [0.717, 1.165) is 40.8 Å². The van der Waals surface area contributed by atoms with Crippen molar-refractivity contribution in [2.24, 2.45) is 0 Å². The van der Waals surface area contributed by atoms with Crippen molar-refractivity contribution in [3.63, 3.8) is 0 Å². The SMILES string of the molecule is CN/C=C(\C(=N)c1ccc(CCc2ccc3ccccc3n2)cc1)c1ccncc1. The van der Waals surface area contributed by atoms with Gasteiger partial charge in [-0.1, -0.05) is 48.5 Å². The first-order chi connectivity index (χ1) is 14.7. The number of rotatable bonds is 7. The molecular formula is C26H24N4. The minimum absolute atomic E-state index is 0.485. The lowest BCUT2D eigenvalue weighted by Crippen LogP contribution is -2.07. The van der Waals surface area contributed by atoms with E-state index in [-0.39, 0.29) is 0 Å². The van der Waals surface area contributed by atoms with Gasteiger partial charge in [-0.2, -0.15) is 0 Å². The van der Waals surface area contributed by atoms with Crippen molar-refractivity contribution < 1.29 is 0 Å². The Morgan fingerprint density at radius 2 is 1.63 bits per heavy atom. The molecule has 2 N–H and O–H groups in total. The molecule has 0 radical (unpaired) electrons. The molecule has 0 atom stereocenters. The van der Waals surface area contributed by atoms with Crippen LogP contribution >= 0.6 is 0 Å². The first-order valence-corrected chi connectivity index (χ1v) is 10.1. The van der Waals surface area contributed by atoms with E-state index in [0.29, 0.717) is 5.71 Å². The number of para-hydroxylation sites is 1. The van der Waals surface area contributed by atoms with Gasteiger partial charge in [0.15, 0.2) is 0 Å². The number of nitrogens with zero attached hydrogens (tertiary/aromatic N) is 2. The topological polar surface area (TPSA) is 61.7 Å². The monoisotopic (exact) mass is 392 g/mol. The summed E-state index contributed by atoms with van der Waals surface area (Å²) in [7, 11) is 1.85. The molecule has 2 aromatic heterocycles. The number of fused-ring (bicyclic) bond motifs is 1.